The lowest BCUT2D eigenvalue weighted by atomic mass is 9.79. The smallest absolute Gasteiger partial charge is 0.00434 e. The lowest BCUT2D eigenvalue weighted by Gasteiger charge is -2.25. The zero-order valence-corrected chi connectivity index (χ0v) is 10.6. The Hall–Kier alpha value is -0.780. The quantitative estimate of drug-likeness (QED) is 0.536. The maximum absolute atomic E-state index is 2.38. The summed E-state index contributed by atoms with van der Waals surface area (Å²) >= 11 is 0. The second-order valence-corrected chi connectivity index (χ2v) is 6.41. The summed E-state index contributed by atoms with van der Waals surface area (Å²) < 4.78 is 0. The third-order valence-corrected chi connectivity index (χ3v) is 3.79. The Balaban J connectivity index is 2.49. The largest absolute Gasteiger partial charge is 0.0748 e. The molecular weight excluding hydrogens is 180 g/mol. The Labute approximate surface area is 93.8 Å². The van der Waals surface area contributed by atoms with Crippen LogP contribution in [0.2, 0.25) is 0 Å². The molecule has 0 N–H and O–H groups in total. The van der Waals surface area contributed by atoms with Crippen molar-refractivity contribution in [3.05, 3.63) is 34.9 Å². The highest BCUT2D eigenvalue weighted by Gasteiger charge is 2.37. The van der Waals surface area contributed by atoms with E-state index >= 15 is 0 Å². The maximum Gasteiger partial charge on any atom is 0.00434 e. The molecule has 0 heteroatoms. The van der Waals surface area contributed by atoms with Crippen molar-refractivity contribution in [2.24, 2.45) is 10.8 Å². The number of allylic oxidation sites excluding steroid dienone is 6. The van der Waals surface area contributed by atoms with Crippen LogP contribution in [0.15, 0.2) is 34.9 Å². The number of hydrogen-bond acceptors (Lipinski definition) is 0. The molecule has 0 saturated heterocycles. The summed E-state index contributed by atoms with van der Waals surface area (Å²) in [5.41, 5.74) is 5.46. The summed E-state index contributed by atoms with van der Waals surface area (Å²) in [5, 5.41) is 0. The van der Waals surface area contributed by atoms with Crippen molar-refractivity contribution in [1.82, 2.24) is 0 Å². The molecule has 0 amide bonds. The van der Waals surface area contributed by atoms with Gasteiger partial charge in [-0.15, -0.1) is 0 Å². The first-order valence-electron chi connectivity index (χ1n) is 5.91. The summed E-state index contributed by atoms with van der Waals surface area (Å²) in [6.07, 6.45) is 9.34. The lowest BCUT2D eigenvalue weighted by molar-refractivity contribution is 0.372. The third kappa shape index (κ3) is 1.82. The average molecular weight is 202 g/mol. The topological polar surface area (TPSA) is 0 Å². The normalized spacial score (nSPS) is 27.4. The highest BCUT2D eigenvalue weighted by molar-refractivity contribution is 5.46. The zero-order chi connectivity index (χ0) is 11.3. The molecule has 0 aromatic heterocycles. The van der Waals surface area contributed by atoms with Gasteiger partial charge in [0.1, 0.15) is 0 Å². The van der Waals surface area contributed by atoms with Crippen molar-refractivity contribution >= 4 is 0 Å². The van der Waals surface area contributed by atoms with Crippen LogP contribution in [0.25, 0.3) is 0 Å². The number of hydrogen-bond donors (Lipinski definition) is 0. The summed E-state index contributed by atoms with van der Waals surface area (Å²) in [4.78, 5) is 0. The highest BCUT2D eigenvalue weighted by Crippen LogP contribution is 2.51. The van der Waals surface area contributed by atoms with E-state index in [0.29, 0.717) is 5.41 Å². The Morgan fingerprint density at radius 3 is 2.40 bits per heavy atom. The van der Waals surface area contributed by atoms with Crippen LogP contribution >= 0.6 is 0 Å². The molecule has 0 aromatic rings. The Bertz CT molecular complexity index is 373. The highest BCUT2D eigenvalue weighted by atomic mass is 14.4. The molecule has 2 aliphatic rings. The van der Waals surface area contributed by atoms with E-state index in [0.717, 1.165) is 0 Å². The summed E-state index contributed by atoms with van der Waals surface area (Å²) in [7, 11) is 0. The molecule has 2 rings (SSSR count). The number of rotatable bonds is 0. The van der Waals surface area contributed by atoms with Gasteiger partial charge in [-0.25, -0.2) is 0 Å². The molecule has 0 unspecified atom stereocenters. The molecule has 0 saturated carbocycles. The van der Waals surface area contributed by atoms with E-state index in [1.165, 1.54) is 18.4 Å². The van der Waals surface area contributed by atoms with Gasteiger partial charge in [-0.1, -0.05) is 51.5 Å². The second kappa shape index (κ2) is 3.10. The van der Waals surface area contributed by atoms with E-state index in [-0.39, 0.29) is 5.41 Å². The Kier molecular flexibility index (Phi) is 2.22. The molecular formula is C15H22. The van der Waals surface area contributed by atoms with E-state index < -0.39 is 0 Å². The van der Waals surface area contributed by atoms with Crippen LogP contribution in [0.1, 0.15) is 47.5 Å². The first-order chi connectivity index (χ1) is 6.82. The molecule has 0 radical (unpaired) electrons. The van der Waals surface area contributed by atoms with Gasteiger partial charge in [0.25, 0.3) is 0 Å². The minimum atomic E-state index is 0.247. The molecule has 0 spiro atoms. The molecule has 0 heterocycles. The first kappa shape index (κ1) is 10.7. The van der Waals surface area contributed by atoms with Crippen LogP contribution < -0.4 is 0 Å². The fraction of sp³-hybridized carbons (Fsp3) is 0.600. The molecule has 0 fully saturated rings. The van der Waals surface area contributed by atoms with E-state index in [4.69, 9.17) is 0 Å². The third-order valence-electron chi connectivity index (χ3n) is 3.79. The van der Waals surface area contributed by atoms with Crippen LogP contribution in [0.5, 0.6) is 0 Å². The van der Waals surface area contributed by atoms with E-state index in [9.17, 15) is 0 Å². The summed E-state index contributed by atoms with van der Waals surface area (Å²) in [6, 6.07) is 0. The van der Waals surface area contributed by atoms with Crippen molar-refractivity contribution in [2.75, 3.05) is 0 Å². The predicted molar refractivity (Wildman–Crippen MR) is 66.7 cm³/mol. The predicted octanol–water partition coefficient (Wildman–Crippen LogP) is 4.65. The van der Waals surface area contributed by atoms with Crippen molar-refractivity contribution < 1.29 is 0 Å². The Morgan fingerprint density at radius 2 is 1.73 bits per heavy atom. The molecule has 0 bridgehead atoms. The lowest BCUT2D eigenvalue weighted by Crippen LogP contribution is -2.13. The molecule has 0 atom stereocenters. The van der Waals surface area contributed by atoms with Crippen molar-refractivity contribution in [1.29, 1.82) is 0 Å². The zero-order valence-electron chi connectivity index (χ0n) is 10.6. The van der Waals surface area contributed by atoms with E-state index in [1.807, 2.05) is 0 Å². The maximum atomic E-state index is 2.38. The minimum absolute atomic E-state index is 0.247. The van der Waals surface area contributed by atoms with Gasteiger partial charge in [0.2, 0.25) is 0 Å². The van der Waals surface area contributed by atoms with Crippen LogP contribution in [-0.4, -0.2) is 0 Å². The fourth-order valence-electron chi connectivity index (χ4n) is 2.86. The molecule has 82 valence electrons. The second-order valence-electron chi connectivity index (χ2n) is 6.41. The van der Waals surface area contributed by atoms with Gasteiger partial charge in [0.05, 0.1) is 0 Å². The van der Waals surface area contributed by atoms with Crippen molar-refractivity contribution in [3.8, 4) is 0 Å². The van der Waals surface area contributed by atoms with Gasteiger partial charge >= 0.3 is 0 Å². The van der Waals surface area contributed by atoms with Crippen molar-refractivity contribution in [2.45, 2.75) is 47.5 Å². The van der Waals surface area contributed by atoms with Crippen LogP contribution in [0.3, 0.4) is 0 Å². The molecule has 2 aliphatic carbocycles. The van der Waals surface area contributed by atoms with Gasteiger partial charge in [0, 0.05) is 5.41 Å². The first-order valence-corrected chi connectivity index (χ1v) is 5.91. The van der Waals surface area contributed by atoms with Crippen LogP contribution in [0, 0.1) is 10.8 Å². The van der Waals surface area contributed by atoms with Crippen molar-refractivity contribution in [3.63, 3.8) is 0 Å². The van der Waals surface area contributed by atoms with Gasteiger partial charge < -0.3 is 0 Å². The minimum Gasteiger partial charge on any atom is -0.0748 e. The Morgan fingerprint density at radius 1 is 1.07 bits per heavy atom. The standard InChI is InChI=1S/C15H22/c1-11-7-6-8-15(4,5)13-10-14(2,3)9-12(11)13/h6-8H,9-10H2,1-5H3. The molecule has 0 aliphatic heterocycles. The van der Waals surface area contributed by atoms with Gasteiger partial charge in [0.15, 0.2) is 0 Å². The average Bonchev–Trinajstić information content (AvgIpc) is 2.37. The molecule has 0 aromatic carbocycles. The van der Waals surface area contributed by atoms with Gasteiger partial charge in [-0.3, -0.25) is 0 Å². The molecule has 0 nitrogen and oxygen atoms in total. The molecule has 15 heavy (non-hydrogen) atoms. The van der Waals surface area contributed by atoms with Gasteiger partial charge in [-0.05, 0) is 36.3 Å². The van der Waals surface area contributed by atoms with Crippen LogP contribution in [0.4, 0.5) is 0 Å². The summed E-state index contributed by atoms with van der Waals surface area (Å²) in [6.45, 7) is 11.7. The van der Waals surface area contributed by atoms with Gasteiger partial charge in [-0.2, -0.15) is 0 Å². The summed E-state index contributed by atoms with van der Waals surface area (Å²) in [5.74, 6) is 0. The van der Waals surface area contributed by atoms with E-state index in [1.54, 1.807) is 11.1 Å². The van der Waals surface area contributed by atoms with Crippen LogP contribution in [-0.2, 0) is 0 Å². The fourth-order valence-corrected chi connectivity index (χ4v) is 2.86. The van der Waals surface area contributed by atoms with E-state index in [2.05, 4.69) is 52.8 Å². The SMILES string of the molecule is CC1=CC=CC(C)(C)C2=C1CC(C)(C)C2. The monoisotopic (exact) mass is 202 g/mol.